The lowest BCUT2D eigenvalue weighted by Crippen LogP contribution is -2.57. The monoisotopic (exact) mass is 290 g/mol. The average molecular weight is 290 g/mol. The maximum atomic E-state index is 12.1. The highest BCUT2D eigenvalue weighted by atomic mass is 16.5. The highest BCUT2D eigenvalue weighted by Gasteiger charge is 2.34. The first-order valence-electron chi connectivity index (χ1n) is 6.79. The van der Waals surface area contributed by atoms with Crippen LogP contribution in [-0.4, -0.2) is 42.4 Å². The SMILES string of the molecule is COC(=O)CC[C@H]1C(=O)NCC(=O)N1Cc1ccccc1. The molecule has 0 spiro atoms. The third-order valence-electron chi connectivity index (χ3n) is 3.46. The Morgan fingerprint density at radius 1 is 1.33 bits per heavy atom. The molecule has 1 aliphatic rings. The van der Waals surface area contributed by atoms with Crippen LogP contribution in [0.3, 0.4) is 0 Å². The zero-order valence-corrected chi connectivity index (χ0v) is 11.9. The predicted octanol–water partition coefficient (Wildman–Crippen LogP) is 0.467. The number of piperazine rings is 1. The summed E-state index contributed by atoms with van der Waals surface area (Å²) >= 11 is 0. The number of rotatable bonds is 5. The smallest absolute Gasteiger partial charge is 0.305 e. The maximum absolute atomic E-state index is 12.1. The summed E-state index contributed by atoms with van der Waals surface area (Å²) in [6.45, 7) is 0.360. The minimum Gasteiger partial charge on any atom is -0.469 e. The minimum atomic E-state index is -0.634. The molecule has 112 valence electrons. The summed E-state index contributed by atoms with van der Waals surface area (Å²) < 4.78 is 4.58. The van der Waals surface area contributed by atoms with Crippen molar-refractivity contribution in [2.24, 2.45) is 0 Å². The molecule has 0 bridgehead atoms. The molecule has 21 heavy (non-hydrogen) atoms. The van der Waals surface area contributed by atoms with Gasteiger partial charge >= 0.3 is 5.97 Å². The standard InChI is InChI=1S/C15H18N2O4/c1-21-14(19)8-7-12-15(20)16-9-13(18)17(12)10-11-5-3-2-4-6-11/h2-6,12H,7-10H2,1H3,(H,16,20)/t12-/m0/s1. The second-order valence-electron chi connectivity index (χ2n) is 4.86. The van der Waals surface area contributed by atoms with E-state index in [1.165, 1.54) is 12.0 Å². The molecule has 0 aromatic heterocycles. The van der Waals surface area contributed by atoms with Gasteiger partial charge in [0.15, 0.2) is 0 Å². The molecule has 0 saturated carbocycles. The van der Waals surface area contributed by atoms with Crippen LogP contribution in [0, 0.1) is 0 Å². The second kappa shape index (κ2) is 6.88. The van der Waals surface area contributed by atoms with Gasteiger partial charge in [-0.3, -0.25) is 14.4 Å². The molecule has 2 rings (SSSR count). The largest absolute Gasteiger partial charge is 0.469 e. The molecule has 1 atom stereocenters. The molecule has 1 fully saturated rings. The number of nitrogens with one attached hydrogen (secondary N) is 1. The van der Waals surface area contributed by atoms with Gasteiger partial charge in [-0.15, -0.1) is 0 Å². The van der Waals surface area contributed by atoms with E-state index in [1.54, 1.807) is 0 Å². The quantitative estimate of drug-likeness (QED) is 0.800. The molecule has 1 aliphatic heterocycles. The molecule has 0 radical (unpaired) electrons. The van der Waals surface area contributed by atoms with E-state index in [9.17, 15) is 14.4 Å². The highest BCUT2D eigenvalue weighted by Crippen LogP contribution is 2.16. The number of ether oxygens (including phenoxy) is 1. The Balaban J connectivity index is 2.10. The summed E-state index contributed by atoms with van der Waals surface area (Å²) in [7, 11) is 1.30. The molecule has 1 aromatic rings. The van der Waals surface area contributed by atoms with Crippen molar-refractivity contribution in [3.8, 4) is 0 Å². The van der Waals surface area contributed by atoms with Crippen molar-refractivity contribution in [1.29, 1.82) is 0 Å². The molecule has 1 heterocycles. The van der Waals surface area contributed by atoms with Gasteiger partial charge in [-0.05, 0) is 12.0 Å². The van der Waals surface area contributed by atoms with Crippen LogP contribution >= 0.6 is 0 Å². The van der Waals surface area contributed by atoms with Gasteiger partial charge in [0.05, 0.1) is 13.7 Å². The van der Waals surface area contributed by atoms with Gasteiger partial charge in [-0.2, -0.15) is 0 Å². The Labute approximate surface area is 123 Å². The number of methoxy groups -OCH3 is 1. The molecule has 0 unspecified atom stereocenters. The lowest BCUT2D eigenvalue weighted by Gasteiger charge is -2.35. The number of hydrogen-bond acceptors (Lipinski definition) is 4. The first-order chi connectivity index (χ1) is 10.1. The van der Waals surface area contributed by atoms with Gasteiger partial charge in [0.2, 0.25) is 11.8 Å². The van der Waals surface area contributed by atoms with Crippen LogP contribution in [0.1, 0.15) is 18.4 Å². The number of hydrogen-bond donors (Lipinski definition) is 1. The number of carbonyl (C=O) groups excluding carboxylic acids is 3. The van der Waals surface area contributed by atoms with Crippen molar-refractivity contribution < 1.29 is 19.1 Å². The van der Waals surface area contributed by atoms with Crippen molar-refractivity contribution in [2.75, 3.05) is 13.7 Å². The highest BCUT2D eigenvalue weighted by molar-refractivity contribution is 5.95. The third kappa shape index (κ3) is 3.81. The van der Waals surface area contributed by atoms with Crippen LogP contribution in [0.15, 0.2) is 30.3 Å². The van der Waals surface area contributed by atoms with Gasteiger partial charge in [-0.25, -0.2) is 0 Å². The fourth-order valence-electron chi connectivity index (χ4n) is 2.32. The Morgan fingerprint density at radius 3 is 2.71 bits per heavy atom. The molecule has 1 saturated heterocycles. The van der Waals surface area contributed by atoms with Crippen LogP contribution in [0.4, 0.5) is 0 Å². The topological polar surface area (TPSA) is 75.7 Å². The van der Waals surface area contributed by atoms with E-state index in [1.807, 2.05) is 30.3 Å². The van der Waals surface area contributed by atoms with Gasteiger partial charge in [0.25, 0.3) is 0 Å². The molecule has 6 nitrogen and oxygen atoms in total. The van der Waals surface area contributed by atoms with Crippen molar-refractivity contribution in [2.45, 2.75) is 25.4 Å². The van der Waals surface area contributed by atoms with Crippen molar-refractivity contribution in [3.63, 3.8) is 0 Å². The van der Waals surface area contributed by atoms with E-state index in [0.717, 1.165) is 5.56 Å². The number of nitrogens with zero attached hydrogens (tertiary/aromatic N) is 1. The van der Waals surface area contributed by atoms with Gasteiger partial charge in [0, 0.05) is 13.0 Å². The molecule has 1 aromatic carbocycles. The lowest BCUT2D eigenvalue weighted by atomic mass is 10.0. The Bertz CT molecular complexity index is 530. The van der Waals surface area contributed by atoms with Crippen molar-refractivity contribution in [1.82, 2.24) is 10.2 Å². The van der Waals surface area contributed by atoms with E-state index in [4.69, 9.17) is 0 Å². The van der Waals surface area contributed by atoms with Gasteiger partial charge < -0.3 is 15.0 Å². The van der Waals surface area contributed by atoms with E-state index in [0.29, 0.717) is 6.54 Å². The summed E-state index contributed by atoms with van der Waals surface area (Å²) in [5.74, 6) is -0.761. The van der Waals surface area contributed by atoms with E-state index in [-0.39, 0.29) is 37.2 Å². The van der Waals surface area contributed by atoms with Crippen LogP contribution < -0.4 is 5.32 Å². The molecule has 0 aliphatic carbocycles. The predicted molar refractivity (Wildman–Crippen MR) is 75.0 cm³/mol. The minimum absolute atomic E-state index is 0.000388. The third-order valence-corrected chi connectivity index (χ3v) is 3.46. The first kappa shape index (κ1) is 15.0. The van der Waals surface area contributed by atoms with E-state index < -0.39 is 6.04 Å². The normalized spacial score (nSPS) is 18.3. The second-order valence-corrected chi connectivity index (χ2v) is 4.86. The number of carbonyl (C=O) groups is 3. The summed E-state index contributed by atoms with van der Waals surface area (Å²) in [4.78, 5) is 36.8. The molecular weight excluding hydrogens is 272 g/mol. The molecule has 1 N–H and O–H groups in total. The van der Waals surface area contributed by atoms with Crippen molar-refractivity contribution in [3.05, 3.63) is 35.9 Å². The average Bonchev–Trinajstić information content (AvgIpc) is 2.51. The van der Waals surface area contributed by atoms with Gasteiger partial charge in [0.1, 0.15) is 6.04 Å². The molecular formula is C15H18N2O4. The Kier molecular flexibility index (Phi) is 4.92. The fourth-order valence-corrected chi connectivity index (χ4v) is 2.32. The fraction of sp³-hybridized carbons (Fsp3) is 0.400. The summed E-state index contributed by atoms with van der Waals surface area (Å²) in [5.41, 5.74) is 0.948. The number of esters is 1. The van der Waals surface area contributed by atoms with Crippen LogP contribution in [0.5, 0.6) is 0 Å². The summed E-state index contributed by atoms with van der Waals surface area (Å²) in [6.07, 6.45) is 0.365. The molecule has 2 amide bonds. The zero-order chi connectivity index (χ0) is 15.2. The lowest BCUT2D eigenvalue weighted by molar-refractivity contribution is -0.148. The van der Waals surface area contributed by atoms with E-state index in [2.05, 4.69) is 10.1 Å². The number of amides is 2. The van der Waals surface area contributed by atoms with Crippen LogP contribution in [0.25, 0.3) is 0 Å². The number of benzene rings is 1. The maximum Gasteiger partial charge on any atom is 0.305 e. The van der Waals surface area contributed by atoms with E-state index >= 15 is 0 Å². The van der Waals surface area contributed by atoms with Crippen LogP contribution in [0.2, 0.25) is 0 Å². The Hall–Kier alpha value is -2.37. The summed E-state index contributed by atoms with van der Waals surface area (Å²) in [6, 6.07) is 8.82. The summed E-state index contributed by atoms with van der Waals surface area (Å²) in [5, 5.41) is 2.56. The van der Waals surface area contributed by atoms with Crippen LogP contribution in [-0.2, 0) is 25.7 Å². The Morgan fingerprint density at radius 2 is 2.05 bits per heavy atom. The first-order valence-corrected chi connectivity index (χ1v) is 6.79. The van der Waals surface area contributed by atoms with Gasteiger partial charge in [-0.1, -0.05) is 30.3 Å². The van der Waals surface area contributed by atoms with Crippen molar-refractivity contribution >= 4 is 17.8 Å². The zero-order valence-electron chi connectivity index (χ0n) is 11.9. The molecule has 6 heteroatoms.